The van der Waals surface area contributed by atoms with Crippen molar-refractivity contribution >= 4 is 27.5 Å². The predicted octanol–water partition coefficient (Wildman–Crippen LogP) is 5.36. The number of halogens is 4. The van der Waals surface area contributed by atoms with Crippen molar-refractivity contribution in [2.45, 2.75) is 12.3 Å². The summed E-state index contributed by atoms with van der Waals surface area (Å²) in [5.74, 6) is -0.676. The number of alkyl halides is 1. The molecule has 2 rings (SSSR count). The van der Waals surface area contributed by atoms with Crippen molar-refractivity contribution in [3.05, 3.63) is 69.2 Å². The van der Waals surface area contributed by atoms with Gasteiger partial charge in [0.25, 0.3) is 0 Å². The Kier molecular flexibility index (Phi) is 4.03. The third kappa shape index (κ3) is 2.73. The summed E-state index contributed by atoms with van der Waals surface area (Å²) >= 11 is 9.43. The molecular weight excluding hydrogens is 322 g/mol. The van der Waals surface area contributed by atoms with Gasteiger partial charge in [0.1, 0.15) is 11.6 Å². The molecule has 18 heavy (non-hydrogen) atoms. The molecule has 1 atom stereocenters. The molecule has 0 aliphatic carbocycles. The lowest BCUT2D eigenvalue weighted by Crippen LogP contribution is -1.98. The van der Waals surface area contributed by atoms with Crippen LogP contribution >= 0.6 is 27.5 Å². The third-order valence-corrected chi connectivity index (χ3v) is 3.69. The maximum absolute atomic E-state index is 13.8. The van der Waals surface area contributed by atoms with Crippen molar-refractivity contribution in [3.8, 4) is 0 Å². The van der Waals surface area contributed by atoms with Gasteiger partial charge >= 0.3 is 0 Å². The number of hydrogen-bond acceptors (Lipinski definition) is 0. The van der Waals surface area contributed by atoms with Crippen LogP contribution in [0.2, 0.25) is 0 Å². The van der Waals surface area contributed by atoms with E-state index in [9.17, 15) is 8.78 Å². The van der Waals surface area contributed by atoms with Gasteiger partial charge in [-0.3, -0.25) is 0 Å². The van der Waals surface area contributed by atoms with E-state index in [1.165, 1.54) is 12.1 Å². The Morgan fingerprint density at radius 1 is 1.06 bits per heavy atom. The maximum atomic E-state index is 13.8. The normalized spacial score (nSPS) is 12.5. The predicted molar refractivity (Wildman–Crippen MR) is 72.9 cm³/mol. The first-order chi connectivity index (χ1) is 8.49. The van der Waals surface area contributed by atoms with Gasteiger partial charge < -0.3 is 0 Å². The molecule has 0 radical (unpaired) electrons. The molecule has 0 spiro atoms. The third-order valence-electron chi connectivity index (χ3n) is 2.71. The Bertz CT molecular complexity index is 584. The highest BCUT2D eigenvalue weighted by Gasteiger charge is 2.16. The van der Waals surface area contributed by atoms with Crippen LogP contribution in [-0.4, -0.2) is 0 Å². The van der Waals surface area contributed by atoms with E-state index in [2.05, 4.69) is 15.9 Å². The molecule has 0 saturated carbocycles. The van der Waals surface area contributed by atoms with Crippen molar-refractivity contribution in [1.29, 1.82) is 0 Å². The van der Waals surface area contributed by atoms with Gasteiger partial charge in [-0.15, -0.1) is 11.6 Å². The number of aryl methyl sites for hydroxylation is 1. The molecule has 0 bridgehead atoms. The first-order valence-corrected chi connectivity index (χ1v) is 6.57. The average molecular weight is 332 g/mol. The minimum atomic E-state index is -0.627. The highest BCUT2D eigenvalue weighted by atomic mass is 79.9. The SMILES string of the molecule is Cc1cc(C(Cl)c2ccc(Br)cc2F)ccc1F. The molecule has 0 fully saturated rings. The fourth-order valence-electron chi connectivity index (χ4n) is 1.71. The fourth-order valence-corrected chi connectivity index (χ4v) is 2.36. The van der Waals surface area contributed by atoms with Gasteiger partial charge in [-0.2, -0.15) is 0 Å². The molecule has 0 aliphatic heterocycles. The van der Waals surface area contributed by atoms with Crippen LogP contribution in [0.3, 0.4) is 0 Å². The highest BCUT2D eigenvalue weighted by Crippen LogP contribution is 2.32. The second-order valence-corrected chi connectivity index (χ2v) is 5.39. The van der Waals surface area contributed by atoms with Crippen LogP contribution in [-0.2, 0) is 0 Å². The van der Waals surface area contributed by atoms with Gasteiger partial charge in [0, 0.05) is 10.0 Å². The molecule has 0 amide bonds. The molecule has 1 unspecified atom stereocenters. The summed E-state index contributed by atoms with van der Waals surface area (Å²) in [6.07, 6.45) is 0. The van der Waals surface area contributed by atoms with E-state index in [1.807, 2.05) is 0 Å². The van der Waals surface area contributed by atoms with Crippen molar-refractivity contribution in [3.63, 3.8) is 0 Å². The van der Waals surface area contributed by atoms with Crippen LogP contribution in [0.25, 0.3) is 0 Å². The summed E-state index contributed by atoms with van der Waals surface area (Å²) < 4.78 is 27.6. The minimum Gasteiger partial charge on any atom is -0.207 e. The molecule has 0 aromatic heterocycles. The van der Waals surface area contributed by atoms with Crippen LogP contribution in [0.15, 0.2) is 40.9 Å². The van der Waals surface area contributed by atoms with Crippen molar-refractivity contribution in [2.75, 3.05) is 0 Å². The van der Waals surface area contributed by atoms with Gasteiger partial charge in [-0.25, -0.2) is 8.78 Å². The van der Waals surface area contributed by atoms with Crippen molar-refractivity contribution < 1.29 is 8.78 Å². The van der Waals surface area contributed by atoms with E-state index < -0.39 is 5.38 Å². The Hall–Kier alpha value is -0.930. The van der Waals surface area contributed by atoms with Gasteiger partial charge in [0.2, 0.25) is 0 Å². The molecule has 0 nitrogen and oxygen atoms in total. The van der Waals surface area contributed by atoms with Crippen LogP contribution in [0.5, 0.6) is 0 Å². The van der Waals surface area contributed by atoms with E-state index in [0.29, 0.717) is 21.2 Å². The lowest BCUT2D eigenvalue weighted by molar-refractivity contribution is 0.609. The lowest BCUT2D eigenvalue weighted by atomic mass is 10.0. The molecule has 2 aromatic rings. The molecular formula is C14H10BrClF2. The minimum absolute atomic E-state index is 0.293. The number of rotatable bonds is 2. The lowest BCUT2D eigenvalue weighted by Gasteiger charge is -2.12. The van der Waals surface area contributed by atoms with Crippen LogP contribution in [0, 0.1) is 18.6 Å². The second kappa shape index (κ2) is 5.37. The zero-order chi connectivity index (χ0) is 13.3. The Balaban J connectivity index is 2.41. The van der Waals surface area contributed by atoms with E-state index in [0.717, 1.165) is 0 Å². The molecule has 0 N–H and O–H groups in total. The first-order valence-electron chi connectivity index (χ1n) is 5.34. The Morgan fingerprint density at radius 2 is 1.78 bits per heavy atom. The summed E-state index contributed by atoms with van der Waals surface area (Å²) in [5.41, 5.74) is 1.55. The monoisotopic (exact) mass is 330 g/mol. The van der Waals surface area contributed by atoms with E-state index in [-0.39, 0.29) is 11.6 Å². The van der Waals surface area contributed by atoms with Crippen LogP contribution in [0.1, 0.15) is 22.1 Å². The Labute approximate surface area is 118 Å². The summed E-state index contributed by atoms with van der Waals surface area (Å²) in [7, 11) is 0. The molecule has 0 saturated heterocycles. The smallest absolute Gasteiger partial charge is 0.129 e. The van der Waals surface area contributed by atoms with Gasteiger partial charge in [0.15, 0.2) is 0 Å². The topological polar surface area (TPSA) is 0 Å². The highest BCUT2D eigenvalue weighted by molar-refractivity contribution is 9.10. The summed E-state index contributed by atoms with van der Waals surface area (Å²) in [4.78, 5) is 0. The number of benzene rings is 2. The van der Waals surface area contributed by atoms with Crippen LogP contribution < -0.4 is 0 Å². The quantitative estimate of drug-likeness (QED) is 0.650. The van der Waals surface area contributed by atoms with Crippen LogP contribution in [0.4, 0.5) is 8.78 Å². The molecule has 2 aromatic carbocycles. The van der Waals surface area contributed by atoms with Gasteiger partial charge in [-0.1, -0.05) is 34.1 Å². The van der Waals surface area contributed by atoms with Crippen molar-refractivity contribution in [2.24, 2.45) is 0 Å². The first kappa shape index (κ1) is 13.5. The summed E-state index contributed by atoms with van der Waals surface area (Å²) in [6, 6.07) is 9.26. The maximum Gasteiger partial charge on any atom is 0.129 e. The Morgan fingerprint density at radius 3 is 2.39 bits per heavy atom. The zero-order valence-corrected chi connectivity index (χ0v) is 11.9. The van der Waals surface area contributed by atoms with Gasteiger partial charge in [-0.05, 0) is 36.2 Å². The van der Waals surface area contributed by atoms with Crippen molar-refractivity contribution in [1.82, 2.24) is 0 Å². The molecule has 4 heteroatoms. The summed E-state index contributed by atoms with van der Waals surface area (Å²) in [5, 5.41) is -0.627. The zero-order valence-electron chi connectivity index (χ0n) is 9.55. The second-order valence-electron chi connectivity index (χ2n) is 4.04. The summed E-state index contributed by atoms with van der Waals surface area (Å²) in [6.45, 7) is 1.65. The van der Waals surface area contributed by atoms with E-state index in [1.54, 1.807) is 31.2 Å². The standard InChI is InChI=1S/C14H10BrClF2/c1-8-6-9(2-5-12(8)17)14(16)11-4-3-10(15)7-13(11)18/h2-7,14H,1H3. The molecule has 0 aliphatic rings. The number of hydrogen-bond donors (Lipinski definition) is 0. The largest absolute Gasteiger partial charge is 0.207 e. The van der Waals surface area contributed by atoms with Gasteiger partial charge in [0.05, 0.1) is 5.38 Å². The van der Waals surface area contributed by atoms with E-state index >= 15 is 0 Å². The van der Waals surface area contributed by atoms with E-state index in [4.69, 9.17) is 11.6 Å². The molecule has 94 valence electrons. The molecule has 0 heterocycles. The fraction of sp³-hybridized carbons (Fsp3) is 0.143. The average Bonchev–Trinajstić information content (AvgIpc) is 2.32.